The summed E-state index contributed by atoms with van der Waals surface area (Å²) in [5.74, 6) is 1.23. The van der Waals surface area contributed by atoms with Crippen molar-refractivity contribution in [2.24, 2.45) is 5.92 Å². The summed E-state index contributed by atoms with van der Waals surface area (Å²) >= 11 is 0. The van der Waals surface area contributed by atoms with Crippen LogP contribution in [0.4, 0.5) is 10.5 Å². The first-order valence-corrected chi connectivity index (χ1v) is 8.71. The van der Waals surface area contributed by atoms with Gasteiger partial charge in [-0.2, -0.15) is 0 Å². The Balaban J connectivity index is 1.71. The minimum Gasteiger partial charge on any atom is -0.492 e. The zero-order valence-corrected chi connectivity index (χ0v) is 14.7. The minimum atomic E-state index is -0.177. The molecule has 0 radical (unpaired) electrons. The molecule has 6 nitrogen and oxygen atoms in total. The number of carbonyl (C=O) groups excluding carboxylic acids is 1. The Bertz CT molecular complexity index is 502. The predicted octanol–water partition coefficient (Wildman–Crippen LogP) is 2.57. The van der Waals surface area contributed by atoms with Crippen molar-refractivity contribution in [1.29, 1.82) is 0 Å². The number of piperidine rings is 1. The van der Waals surface area contributed by atoms with Crippen LogP contribution >= 0.6 is 0 Å². The van der Waals surface area contributed by atoms with Gasteiger partial charge in [0.15, 0.2) is 0 Å². The number of rotatable bonds is 8. The highest BCUT2D eigenvalue weighted by molar-refractivity contribution is 5.90. The Morgan fingerprint density at radius 1 is 1.29 bits per heavy atom. The molecule has 6 heteroatoms. The number of para-hydroxylation sites is 2. The second kappa shape index (κ2) is 10.2. The molecule has 1 saturated heterocycles. The third-order valence-corrected chi connectivity index (χ3v) is 4.31. The van der Waals surface area contributed by atoms with Crippen molar-refractivity contribution < 1.29 is 14.3 Å². The van der Waals surface area contributed by atoms with E-state index in [-0.39, 0.29) is 6.03 Å². The maximum Gasteiger partial charge on any atom is 0.319 e. The molecule has 134 valence electrons. The molecule has 24 heavy (non-hydrogen) atoms. The van der Waals surface area contributed by atoms with Gasteiger partial charge in [-0.3, -0.25) is 0 Å². The van der Waals surface area contributed by atoms with Crippen molar-refractivity contribution in [2.45, 2.75) is 19.8 Å². The summed E-state index contributed by atoms with van der Waals surface area (Å²) in [7, 11) is 1.74. The average Bonchev–Trinajstić information content (AvgIpc) is 2.61. The number of hydrogen-bond donors (Lipinski definition) is 2. The van der Waals surface area contributed by atoms with E-state index in [4.69, 9.17) is 9.47 Å². The summed E-state index contributed by atoms with van der Waals surface area (Å²) in [4.78, 5) is 14.5. The van der Waals surface area contributed by atoms with Crippen LogP contribution in [0, 0.1) is 5.92 Å². The fourth-order valence-corrected chi connectivity index (χ4v) is 2.89. The molecule has 0 aliphatic carbocycles. The number of hydrogen-bond acceptors (Lipinski definition) is 4. The van der Waals surface area contributed by atoms with Gasteiger partial charge in [-0.1, -0.05) is 12.1 Å². The molecule has 0 unspecified atom stereocenters. The number of nitrogens with zero attached hydrogens (tertiary/aromatic N) is 1. The number of likely N-dealkylation sites (tertiary alicyclic amines) is 1. The van der Waals surface area contributed by atoms with E-state index in [9.17, 15) is 4.79 Å². The summed E-state index contributed by atoms with van der Waals surface area (Å²) in [5, 5.41) is 5.85. The lowest BCUT2D eigenvalue weighted by atomic mass is 9.97. The first kappa shape index (κ1) is 18.5. The number of nitrogens with one attached hydrogen (secondary N) is 2. The van der Waals surface area contributed by atoms with Gasteiger partial charge in [-0.05, 0) is 50.9 Å². The van der Waals surface area contributed by atoms with Crippen molar-refractivity contribution in [1.82, 2.24) is 10.2 Å². The van der Waals surface area contributed by atoms with E-state index in [2.05, 4.69) is 15.5 Å². The third-order valence-electron chi connectivity index (χ3n) is 4.31. The summed E-state index contributed by atoms with van der Waals surface area (Å²) in [6, 6.07) is 7.30. The van der Waals surface area contributed by atoms with Crippen LogP contribution in [0.2, 0.25) is 0 Å². The van der Waals surface area contributed by atoms with Gasteiger partial charge in [0.1, 0.15) is 5.75 Å². The molecule has 0 atom stereocenters. The molecule has 1 aliphatic rings. The van der Waals surface area contributed by atoms with Crippen molar-refractivity contribution in [3.8, 4) is 5.75 Å². The van der Waals surface area contributed by atoms with Crippen LogP contribution in [0.1, 0.15) is 19.8 Å². The number of ether oxygens (including phenoxy) is 2. The molecule has 1 aliphatic heterocycles. The van der Waals surface area contributed by atoms with Gasteiger partial charge >= 0.3 is 6.03 Å². The van der Waals surface area contributed by atoms with Gasteiger partial charge in [-0.15, -0.1) is 0 Å². The van der Waals surface area contributed by atoms with Gasteiger partial charge in [0.2, 0.25) is 0 Å². The maximum absolute atomic E-state index is 12.1. The highest BCUT2D eigenvalue weighted by Gasteiger charge is 2.19. The molecule has 2 amide bonds. The fourth-order valence-electron chi connectivity index (χ4n) is 2.89. The Labute approximate surface area is 144 Å². The van der Waals surface area contributed by atoms with Gasteiger partial charge in [0, 0.05) is 20.2 Å². The molecule has 0 bridgehead atoms. The summed E-state index contributed by atoms with van der Waals surface area (Å²) in [5.41, 5.74) is 0.700. The van der Waals surface area contributed by atoms with Crippen LogP contribution < -0.4 is 15.4 Å². The average molecular weight is 335 g/mol. The van der Waals surface area contributed by atoms with E-state index in [1.54, 1.807) is 7.11 Å². The monoisotopic (exact) mass is 335 g/mol. The van der Waals surface area contributed by atoms with Gasteiger partial charge in [0.05, 0.1) is 18.9 Å². The Kier molecular flexibility index (Phi) is 7.85. The Hall–Kier alpha value is -1.79. The highest BCUT2D eigenvalue weighted by atomic mass is 16.5. The maximum atomic E-state index is 12.1. The SMILES string of the molecule is CCOc1ccccc1NC(=O)NCC1CCN(CCOC)CC1. The first-order valence-electron chi connectivity index (χ1n) is 8.71. The van der Waals surface area contributed by atoms with Crippen LogP contribution in [0.15, 0.2) is 24.3 Å². The molecule has 2 rings (SSSR count). The lowest BCUT2D eigenvalue weighted by Gasteiger charge is -2.31. The largest absolute Gasteiger partial charge is 0.492 e. The van der Waals surface area contributed by atoms with Crippen LogP contribution in [-0.2, 0) is 4.74 Å². The number of methoxy groups -OCH3 is 1. The van der Waals surface area contributed by atoms with Crippen LogP contribution in [0.25, 0.3) is 0 Å². The van der Waals surface area contributed by atoms with E-state index in [0.29, 0.717) is 30.5 Å². The molecule has 1 fully saturated rings. The number of carbonyl (C=O) groups is 1. The topological polar surface area (TPSA) is 62.8 Å². The second-order valence-electron chi connectivity index (χ2n) is 6.04. The van der Waals surface area contributed by atoms with E-state index in [0.717, 1.165) is 39.1 Å². The summed E-state index contributed by atoms with van der Waals surface area (Å²) in [6.07, 6.45) is 2.22. The normalized spacial score (nSPS) is 15.9. The molecule has 1 heterocycles. The molecular formula is C18H29N3O3. The molecule has 0 spiro atoms. The van der Waals surface area contributed by atoms with E-state index < -0.39 is 0 Å². The van der Waals surface area contributed by atoms with E-state index in [1.165, 1.54) is 0 Å². The van der Waals surface area contributed by atoms with Crippen molar-refractivity contribution in [2.75, 3.05) is 51.8 Å². The molecule has 1 aromatic rings. The zero-order valence-electron chi connectivity index (χ0n) is 14.7. The van der Waals surface area contributed by atoms with E-state index >= 15 is 0 Å². The van der Waals surface area contributed by atoms with Crippen LogP contribution in [-0.4, -0.2) is 57.4 Å². The standard InChI is InChI=1S/C18H29N3O3/c1-3-24-17-7-5-4-6-16(17)20-18(22)19-14-15-8-10-21(11-9-15)12-13-23-2/h4-7,15H,3,8-14H2,1-2H3,(H2,19,20,22). The first-order chi connectivity index (χ1) is 11.7. The third kappa shape index (κ3) is 6.02. The van der Waals surface area contributed by atoms with Crippen LogP contribution in [0.3, 0.4) is 0 Å². The smallest absolute Gasteiger partial charge is 0.319 e. The lowest BCUT2D eigenvalue weighted by Crippen LogP contribution is -2.40. The van der Waals surface area contributed by atoms with Crippen LogP contribution in [0.5, 0.6) is 5.75 Å². The van der Waals surface area contributed by atoms with E-state index in [1.807, 2.05) is 31.2 Å². The zero-order chi connectivity index (χ0) is 17.2. The number of anilines is 1. The van der Waals surface area contributed by atoms with Crippen molar-refractivity contribution >= 4 is 11.7 Å². The van der Waals surface area contributed by atoms with Gasteiger partial charge in [-0.25, -0.2) is 4.79 Å². The second-order valence-corrected chi connectivity index (χ2v) is 6.04. The summed E-state index contributed by atoms with van der Waals surface area (Å²) in [6.45, 7) is 7.13. The fraction of sp³-hybridized carbons (Fsp3) is 0.611. The van der Waals surface area contributed by atoms with Crippen molar-refractivity contribution in [3.63, 3.8) is 0 Å². The van der Waals surface area contributed by atoms with Gasteiger partial charge < -0.3 is 25.0 Å². The molecule has 2 N–H and O–H groups in total. The van der Waals surface area contributed by atoms with Gasteiger partial charge in [0.25, 0.3) is 0 Å². The summed E-state index contributed by atoms with van der Waals surface area (Å²) < 4.78 is 10.6. The Morgan fingerprint density at radius 3 is 2.75 bits per heavy atom. The lowest BCUT2D eigenvalue weighted by molar-refractivity contribution is 0.120. The highest BCUT2D eigenvalue weighted by Crippen LogP contribution is 2.23. The molecule has 0 aromatic heterocycles. The number of urea groups is 1. The minimum absolute atomic E-state index is 0.177. The number of amides is 2. The predicted molar refractivity (Wildman–Crippen MR) is 95.7 cm³/mol. The number of benzene rings is 1. The molecule has 1 aromatic carbocycles. The quantitative estimate of drug-likeness (QED) is 0.766. The molecular weight excluding hydrogens is 306 g/mol. The van der Waals surface area contributed by atoms with Crippen molar-refractivity contribution in [3.05, 3.63) is 24.3 Å². The Morgan fingerprint density at radius 2 is 2.04 bits per heavy atom. The molecule has 0 saturated carbocycles.